The SMILES string of the molecule is CC(C)c1ccc(OCCN=[N-])cc1C(C)C. The Bertz CT molecular complexity index is 372. The molecule has 17 heavy (non-hydrogen) atoms. The Balaban J connectivity index is 2.89. The van der Waals surface area contributed by atoms with E-state index in [0.29, 0.717) is 25.0 Å². The molecule has 0 fully saturated rings. The summed E-state index contributed by atoms with van der Waals surface area (Å²) in [5.41, 5.74) is 11.1. The minimum absolute atomic E-state index is 0.308. The highest BCUT2D eigenvalue weighted by molar-refractivity contribution is 5.39. The van der Waals surface area contributed by atoms with Crippen molar-refractivity contribution in [3.63, 3.8) is 0 Å². The number of nitrogens with zero attached hydrogens (tertiary/aromatic N) is 2. The Labute approximate surface area is 104 Å². The molecule has 0 aliphatic carbocycles. The Morgan fingerprint density at radius 2 is 1.76 bits per heavy atom. The molecule has 3 nitrogen and oxygen atoms in total. The van der Waals surface area contributed by atoms with Gasteiger partial charge in [-0.25, -0.2) is 0 Å². The number of benzene rings is 1. The molecular weight excluding hydrogens is 212 g/mol. The summed E-state index contributed by atoms with van der Waals surface area (Å²) in [5.74, 6) is 1.86. The van der Waals surface area contributed by atoms with Crippen molar-refractivity contribution < 1.29 is 4.74 Å². The van der Waals surface area contributed by atoms with Crippen LogP contribution in [0.5, 0.6) is 5.75 Å². The third-order valence-electron chi connectivity index (χ3n) is 2.76. The molecule has 0 aliphatic heterocycles. The van der Waals surface area contributed by atoms with Crippen LogP contribution in [-0.4, -0.2) is 13.2 Å². The van der Waals surface area contributed by atoms with Crippen LogP contribution in [0, 0.1) is 0 Å². The molecule has 3 heteroatoms. The summed E-state index contributed by atoms with van der Waals surface area (Å²) in [4.78, 5) is 0. The van der Waals surface area contributed by atoms with E-state index in [9.17, 15) is 0 Å². The van der Waals surface area contributed by atoms with E-state index in [0.717, 1.165) is 5.75 Å². The number of hydrogen-bond donors (Lipinski definition) is 0. The van der Waals surface area contributed by atoms with E-state index in [1.54, 1.807) is 0 Å². The third kappa shape index (κ3) is 3.84. The van der Waals surface area contributed by atoms with Crippen molar-refractivity contribution in [1.29, 1.82) is 0 Å². The number of rotatable bonds is 6. The van der Waals surface area contributed by atoms with E-state index in [2.05, 4.69) is 44.9 Å². The van der Waals surface area contributed by atoms with Gasteiger partial charge in [-0.1, -0.05) is 33.8 Å². The maximum atomic E-state index is 8.35. The number of hydrogen-bond acceptors (Lipinski definition) is 2. The molecule has 0 bridgehead atoms. The van der Waals surface area contributed by atoms with Gasteiger partial charge >= 0.3 is 0 Å². The largest absolute Gasteiger partial charge is 0.712 e. The van der Waals surface area contributed by atoms with E-state index in [4.69, 9.17) is 10.3 Å². The second-order valence-corrected chi connectivity index (χ2v) is 4.81. The Morgan fingerprint density at radius 3 is 2.29 bits per heavy atom. The highest BCUT2D eigenvalue weighted by atomic mass is 16.5. The maximum absolute atomic E-state index is 8.35. The fourth-order valence-corrected chi connectivity index (χ4v) is 1.87. The van der Waals surface area contributed by atoms with Crippen molar-refractivity contribution in [3.05, 3.63) is 34.9 Å². The highest BCUT2D eigenvalue weighted by Crippen LogP contribution is 2.29. The van der Waals surface area contributed by atoms with Crippen LogP contribution in [0.2, 0.25) is 0 Å². The summed E-state index contributed by atoms with van der Waals surface area (Å²) in [5, 5.41) is 3.03. The summed E-state index contributed by atoms with van der Waals surface area (Å²) in [6, 6.07) is 6.21. The van der Waals surface area contributed by atoms with Gasteiger partial charge < -0.3 is 15.4 Å². The lowest BCUT2D eigenvalue weighted by Crippen LogP contribution is -2.03. The average Bonchev–Trinajstić information content (AvgIpc) is 2.29. The van der Waals surface area contributed by atoms with Crippen molar-refractivity contribution in [2.75, 3.05) is 13.2 Å². The van der Waals surface area contributed by atoms with E-state index < -0.39 is 0 Å². The molecule has 1 aromatic carbocycles. The quantitative estimate of drug-likeness (QED) is 0.532. The van der Waals surface area contributed by atoms with Crippen molar-refractivity contribution in [2.24, 2.45) is 5.11 Å². The molecule has 0 aromatic heterocycles. The molecule has 0 N–H and O–H groups in total. The van der Waals surface area contributed by atoms with Crippen molar-refractivity contribution in [1.82, 2.24) is 0 Å². The lowest BCUT2D eigenvalue weighted by atomic mass is 9.90. The van der Waals surface area contributed by atoms with Crippen LogP contribution >= 0.6 is 0 Å². The molecule has 0 amide bonds. The predicted octanol–water partition coefficient (Wildman–Crippen LogP) is 4.33. The van der Waals surface area contributed by atoms with Gasteiger partial charge in [0.25, 0.3) is 0 Å². The van der Waals surface area contributed by atoms with Gasteiger partial charge in [-0.05, 0) is 35.1 Å². The van der Waals surface area contributed by atoms with Crippen molar-refractivity contribution in [3.8, 4) is 5.75 Å². The fraction of sp³-hybridized carbons (Fsp3) is 0.571. The van der Waals surface area contributed by atoms with Gasteiger partial charge in [0, 0.05) is 6.54 Å². The average molecular weight is 233 g/mol. The maximum Gasteiger partial charge on any atom is 0.119 e. The van der Waals surface area contributed by atoms with Crippen LogP contribution in [0.4, 0.5) is 0 Å². The van der Waals surface area contributed by atoms with Crippen LogP contribution in [0.25, 0.3) is 5.53 Å². The van der Waals surface area contributed by atoms with Gasteiger partial charge in [0.2, 0.25) is 0 Å². The van der Waals surface area contributed by atoms with Gasteiger partial charge in [-0.3, -0.25) is 0 Å². The summed E-state index contributed by atoms with van der Waals surface area (Å²) >= 11 is 0. The summed E-state index contributed by atoms with van der Waals surface area (Å²) in [6.45, 7) is 9.50. The van der Waals surface area contributed by atoms with Gasteiger partial charge in [-0.15, -0.1) is 0 Å². The monoisotopic (exact) mass is 233 g/mol. The molecule has 94 valence electrons. The van der Waals surface area contributed by atoms with Crippen LogP contribution in [0.1, 0.15) is 50.7 Å². The lowest BCUT2D eigenvalue weighted by molar-refractivity contribution is 0.327. The topological polar surface area (TPSA) is 43.9 Å². The second kappa shape index (κ2) is 6.38. The van der Waals surface area contributed by atoms with Gasteiger partial charge in [0.15, 0.2) is 0 Å². The van der Waals surface area contributed by atoms with E-state index >= 15 is 0 Å². The second-order valence-electron chi connectivity index (χ2n) is 4.81. The van der Waals surface area contributed by atoms with Crippen molar-refractivity contribution >= 4 is 0 Å². The van der Waals surface area contributed by atoms with E-state index in [1.165, 1.54) is 11.1 Å². The Morgan fingerprint density at radius 1 is 1.12 bits per heavy atom. The normalized spacial score (nSPS) is 10.9. The van der Waals surface area contributed by atoms with Crippen LogP contribution in [0.3, 0.4) is 0 Å². The Hall–Kier alpha value is -1.38. The first-order chi connectivity index (χ1) is 8.06. The first-order valence-electron chi connectivity index (χ1n) is 6.13. The Kier molecular flexibility index (Phi) is 5.13. The molecule has 0 heterocycles. The molecule has 1 aromatic rings. The molecule has 0 saturated carbocycles. The summed E-state index contributed by atoms with van der Waals surface area (Å²) in [7, 11) is 0. The fourth-order valence-electron chi connectivity index (χ4n) is 1.87. The molecule has 0 saturated heterocycles. The predicted molar refractivity (Wildman–Crippen MR) is 70.8 cm³/mol. The smallest absolute Gasteiger partial charge is 0.119 e. The highest BCUT2D eigenvalue weighted by Gasteiger charge is 2.10. The number of ether oxygens (including phenoxy) is 1. The third-order valence-corrected chi connectivity index (χ3v) is 2.76. The zero-order valence-corrected chi connectivity index (χ0v) is 11.1. The van der Waals surface area contributed by atoms with Gasteiger partial charge in [-0.2, -0.15) is 0 Å². The lowest BCUT2D eigenvalue weighted by Gasteiger charge is -2.17. The first-order valence-corrected chi connectivity index (χ1v) is 6.13. The van der Waals surface area contributed by atoms with Gasteiger partial charge in [0.05, 0.1) is 0 Å². The van der Waals surface area contributed by atoms with Crippen LogP contribution < -0.4 is 4.74 Å². The molecule has 1 rings (SSSR count). The molecule has 0 aliphatic rings. The van der Waals surface area contributed by atoms with E-state index in [1.807, 2.05) is 6.07 Å². The summed E-state index contributed by atoms with van der Waals surface area (Å²) in [6.07, 6.45) is 0. The molecule has 0 spiro atoms. The zero-order chi connectivity index (χ0) is 12.8. The molecule has 0 atom stereocenters. The minimum Gasteiger partial charge on any atom is -0.712 e. The van der Waals surface area contributed by atoms with Gasteiger partial charge in [0.1, 0.15) is 12.4 Å². The molecule has 0 unspecified atom stereocenters. The standard InChI is InChI=1S/C14H21N2O/c1-10(2)13-6-5-12(17-8-7-16-15)9-14(13)11(3)4/h5-6,9-11H,7-8H2,1-4H3/q-1. The van der Waals surface area contributed by atoms with Crippen molar-refractivity contribution in [2.45, 2.75) is 39.5 Å². The van der Waals surface area contributed by atoms with Crippen LogP contribution in [0.15, 0.2) is 23.3 Å². The van der Waals surface area contributed by atoms with E-state index in [-0.39, 0.29) is 0 Å². The first kappa shape index (κ1) is 13.7. The molecule has 0 radical (unpaired) electrons. The zero-order valence-electron chi connectivity index (χ0n) is 11.1. The summed E-state index contributed by atoms with van der Waals surface area (Å²) < 4.78 is 5.52. The molecular formula is C14H21N2O-. The minimum atomic E-state index is 0.308. The van der Waals surface area contributed by atoms with Crippen LogP contribution in [-0.2, 0) is 0 Å².